The number of aromatic nitrogens is 1. The van der Waals surface area contributed by atoms with Crippen molar-refractivity contribution in [2.45, 2.75) is 30.3 Å². The van der Waals surface area contributed by atoms with Crippen molar-refractivity contribution in [3.8, 4) is 11.5 Å². The fourth-order valence-electron chi connectivity index (χ4n) is 5.02. The molecular weight excluding hydrogens is 460 g/mol. The molecule has 3 atom stereocenters. The van der Waals surface area contributed by atoms with Crippen molar-refractivity contribution >= 4 is 22.7 Å². The second-order valence-corrected chi connectivity index (χ2v) is 10.4. The fraction of sp³-hybridized carbons (Fsp3) is 0.464. The van der Waals surface area contributed by atoms with Crippen LogP contribution in [0.15, 0.2) is 59.6 Å². The molecule has 0 bridgehead atoms. The molecule has 188 valence electrons. The van der Waals surface area contributed by atoms with Crippen LogP contribution in [0.2, 0.25) is 0 Å². The van der Waals surface area contributed by atoms with Gasteiger partial charge in [0, 0.05) is 41.9 Å². The van der Waals surface area contributed by atoms with Crippen LogP contribution in [0.5, 0.6) is 11.5 Å². The number of aliphatic hydroxyl groups is 2. The molecule has 0 spiro atoms. The molecule has 4 rings (SSSR count). The fourth-order valence-corrected chi connectivity index (χ4v) is 5.98. The van der Waals surface area contributed by atoms with Gasteiger partial charge in [-0.3, -0.25) is 4.98 Å². The topological polar surface area (TPSA) is 75.1 Å². The zero-order chi connectivity index (χ0) is 24.6. The van der Waals surface area contributed by atoms with Gasteiger partial charge in [-0.05, 0) is 85.7 Å². The van der Waals surface area contributed by atoms with E-state index in [9.17, 15) is 10.2 Å². The molecule has 3 aromatic rings. The zero-order valence-corrected chi connectivity index (χ0v) is 21.4. The van der Waals surface area contributed by atoms with Gasteiger partial charge in [-0.15, -0.1) is 11.8 Å². The highest BCUT2D eigenvalue weighted by Crippen LogP contribution is 2.33. The van der Waals surface area contributed by atoms with Gasteiger partial charge in [0.05, 0.1) is 25.8 Å². The first kappa shape index (κ1) is 25.8. The van der Waals surface area contributed by atoms with Gasteiger partial charge < -0.3 is 24.6 Å². The number of rotatable bonds is 11. The Balaban J connectivity index is 1.28. The molecule has 1 unspecified atom stereocenters. The lowest BCUT2D eigenvalue weighted by atomic mass is 9.81. The van der Waals surface area contributed by atoms with E-state index < -0.39 is 6.10 Å². The molecule has 1 aliphatic rings. The summed E-state index contributed by atoms with van der Waals surface area (Å²) in [5, 5.41) is 22.1. The summed E-state index contributed by atoms with van der Waals surface area (Å²) in [5.41, 5.74) is 1.75. The molecule has 6 nitrogen and oxygen atoms in total. The molecule has 35 heavy (non-hydrogen) atoms. The maximum atomic E-state index is 11.0. The average molecular weight is 497 g/mol. The molecule has 1 aromatic heterocycles. The van der Waals surface area contributed by atoms with Gasteiger partial charge >= 0.3 is 0 Å². The van der Waals surface area contributed by atoms with Crippen LogP contribution in [0, 0.1) is 11.8 Å². The number of aliphatic hydroxyl groups excluding tert-OH is 2. The van der Waals surface area contributed by atoms with E-state index in [1.807, 2.05) is 48.2 Å². The van der Waals surface area contributed by atoms with Crippen LogP contribution in [-0.2, 0) is 0 Å². The van der Waals surface area contributed by atoms with Crippen LogP contribution in [0.25, 0.3) is 10.9 Å². The second-order valence-electron chi connectivity index (χ2n) is 9.20. The quantitative estimate of drug-likeness (QED) is 0.370. The number of piperidine rings is 1. The van der Waals surface area contributed by atoms with E-state index in [0.29, 0.717) is 12.3 Å². The molecule has 0 amide bonds. The Morgan fingerprint density at radius 1 is 1.09 bits per heavy atom. The summed E-state index contributed by atoms with van der Waals surface area (Å²) in [7, 11) is 3.34. The van der Waals surface area contributed by atoms with Crippen LogP contribution in [0.4, 0.5) is 0 Å². The van der Waals surface area contributed by atoms with Crippen molar-refractivity contribution in [1.29, 1.82) is 0 Å². The third-order valence-electron chi connectivity index (χ3n) is 7.08. The molecule has 7 heteroatoms. The van der Waals surface area contributed by atoms with Crippen molar-refractivity contribution in [2.75, 3.05) is 46.2 Å². The highest BCUT2D eigenvalue weighted by atomic mass is 32.2. The molecule has 2 N–H and O–H groups in total. The molecule has 0 aliphatic carbocycles. The molecular formula is C28H36N2O4S. The van der Waals surface area contributed by atoms with Crippen molar-refractivity contribution < 1.29 is 19.7 Å². The van der Waals surface area contributed by atoms with Crippen molar-refractivity contribution in [1.82, 2.24) is 9.88 Å². The normalized spacial score (nSPS) is 19.5. The summed E-state index contributed by atoms with van der Waals surface area (Å²) in [6, 6.07) is 15.8. The number of hydrogen-bond donors (Lipinski definition) is 2. The molecule has 1 fully saturated rings. The van der Waals surface area contributed by atoms with E-state index in [4.69, 9.17) is 9.47 Å². The third kappa shape index (κ3) is 6.67. The van der Waals surface area contributed by atoms with Crippen LogP contribution in [0.3, 0.4) is 0 Å². The van der Waals surface area contributed by atoms with Gasteiger partial charge in [0.15, 0.2) is 0 Å². The average Bonchev–Trinajstić information content (AvgIpc) is 2.91. The van der Waals surface area contributed by atoms with Gasteiger partial charge in [-0.25, -0.2) is 0 Å². The van der Waals surface area contributed by atoms with Crippen LogP contribution in [0.1, 0.15) is 30.9 Å². The Kier molecular flexibility index (Phi) is 9.26. The number of thioether (sulfide) groups is 1. The van der Waals surface area contributed by atoms with Crippen LogP contribution in [-0.4, -0.2) is 66.3 Å². The number of benzene rings is 2. The summed E-state index contributed by atoms with van der Waals surface area (Å²) in [4.78, 5) is 8.10. The Hall–Kier alpha value is -2.32. The number of hydrogen-bond acceptors (Lipinski definition) is 7. The number of pyridine rings is 1. The monoisotopic (exact) mass is 496 g/mol. The highest BCUT2D eigenvalue weighted by molar-refractivity contribution is 7.99. The first-order chi connectivity index (χ1) is 17.1. The number of ether oxygens (including phenoxy) is 2. The van der Waals surface area contributed by atoms with Crippen molar-refractivity contribution in [2.24, 2.45) is 11.8 Å². The molecule has 0 saturated carbocycles. The van der Waals surface area contributed by atoms with Crippen LogP contribution >= 0.6 is 11.8 Å². The molecule has 1 aliphatic heterocycles. The van der Waals surface area contributed by atoms with E-state index in [0.717, 1.165) is 66.2 Å². The summed E-state index contributed by atoms with van der Waals surface area (Å²) in [5.74, 6) is 3.31. The van der Waals surface area contributed by atoms with Crippen LogP contribution < -0.4 is 9.47 Å². The largest absolute Gasteiger partial charge is 0.497 e. The minimum atomic E-state index is -0.566. The lowest BCUT2D eigenvalue weighted by molar-refractivity contribution is 0.0608. The molecule has 2 aromatic carbocycles. The van der Waals surface area contributed by atoms with Gasteiger partial charge in [0.2, 0.25) is 0 Å². The zero-order valence-electron chi connectivity index (χ0n) is 20.6. The van der Waals surface area contributed by atoms with E-state index in [-0.39, 0.29) is 12.5 Å². The minimum absolute atomic E-state index is 0.190. The van der Waals surface area contributed by atoms with Gasteiger partial charge in [-0.2, -0.15) is 0 Å². The first-order valence-corrected chi connectivity index (χ1v) is 13.3. The van der Waals surface area contributed by atoms with Gasteiger partial charge in [0.1, 0.15) is 11.5 Å². The Bertz CT molecular complexity index is 1100. The standard InChI is InChI=1S/C28H36N2O4S/c1-33-22-4-3-5-24(16-22)35-15-14-30-13-11-20(21(18-30)19-31)6-9-28(32)25-10-12-29-27-8-7-23(34-2)17-26(25)27/h3-5,7-8,10,12,16-17,20-21,28,31-32H,6,9,11,13-15,18-19H2,1-2H3/t20-,21-,28?/m1/s1. The first-order valence-electron chi connectivity index (χ1n) is 12.3. The number of fused-ring (bicyclic) bond motifs is 1. The molecule has 2 heterocycles. The van der Waals surface area contributed by atoms with Crippen molar-refractivity contribution in [3.05, 3.63) is 60.3 Å². The van der Waals surface area contributed by atoms with E-state index in [1.165, 1.54) is 4.90 Å². The Morgan fingerprint density at radius 3 is 2.71 bits per heavy atom. The van der Waals surface area contributed by atoms with Crippen molar-refractivity contribution in [3.63, 3.8) is 0 Å². The predicted octanol–water partition coefficient (Wildman–Crippen LogP) is 4.79. The highest BCUT2D eigenvalue weighted by Gasteiger charge is 2.29. The summed E-state index contributed by atoms with van der Waals surface area (Å²) < 4.78 is 10.7. The summed E-state index contributed by atoms with van der Waals surface area (Å²) >= 11 is 1.84. The van der Waals surface area contributed by atoms with E-state index in [1.54, 1.807) is 20.4 Å². The second kappa shape index (κ2) is 12.6. The summed E-state index contributed by atoms with van der Waals surface area (Å²) in [6.45, 7) is 3.13. The smallest absolute Gasteiger partial charge is 0.119 e. The minimum Gasteiger partial charge on any atom is -0.497 e. The Morgan fingerprint density at radius 2 is 1.91 bits per heavy atom. The number of likely N-dealkylation sites (tertiary alicyclic amines) is 1. The third-order valence-corrected chi connectivity index (χ3v) is 8.05. The molecule has 1 saturated heterocycles. The summed E-state index contributed by atoms with van der Waals surface area (Å²) in [6.07, 6.45) is 3.80. The van der Waals surface area contributed by atoms with E-state index in [2.05, 4.69) is 22.0 Å². The van der Waals surface area contributed by atoms with Gasteiger partial charge in [0.25, 0.3) is 0 Å². The lowest BCUT2D eigenvalue weighted by Crippen LogP contribution is -2.43. The maximum absolute atomic E-state index is 11.0. The lowest BCUT2D eigenvalue weighted by Gasteiger charge is -2.38. The molecule has 0 radical (unpaired) electrons. The number of nitrogens with zero attached hydrogens (tertiary/aromatic N) is 2. The predicted molar refractivity (Wildman–Crippen MR) is 141 cm³/mol. The Labute approximate surface area is 212 Å². The number of methoxy groups -OCH3 is 2. The SMILES string of the molecule is COc1cccc(SCCN2CC[C@@H](CCC(O)c3ccnc4ccc(OC)cc34)[C@@H](CO)C2)c1. The van der Waals surface area contributed by atoms with E-state index >= 15 is 0 Å². The maximum Gasteiger partial charge on any atom is 0.119 e. The van der Waals surface area contributed by atoms with Gasteiger partial charge in [-0.1, -0.05) is 6.07 Å².